The molecule has 7 nitrogen and oxygen atoms in total. The number of amides is 2. The summed E-state index contributed by atoms with van der Waals surface area (Å²) in [5, 5.41) is 0. The predicted molar refractivity (Wildman–Crippen MR) is 127 cm³/mol. The maximum atomic E-state index is 13.1. The Balaban J connectivity index is 1.27. The van der Waals surface area contributed by atoms with Crippen molar-refractivity contribution in [3.05, 3.63) is 59.8 Å². The molecule has 0 N–H and O–H groups in total. The molecule has 2 aliphatic rings. The monoisotopic (exact) mass is 448 g/mol. The fourth-order valence-corrected chi connectivity index (χ4v) is 4.84. The molecule has 1 aromatic heterocycles. The summed E-state index contributed by atoms with van der Waals surface area (Å²) in [7, 11) is 0. The van der Waals surface area contributed by atoms with Crippen LogP contribution >= 0.6 is 0 Å². The molecule has 1 unspecified atom stereocenters. The van der Waals surface area contributed by atoms with Crippen molar-refractivity contribution in [3.8, 4) is 0 Å². The molecule has 4 rings (SSSR count). The van der Waals surface area contributed by atoms with Crippen LogP contribution in [0.25, 0.3) is 0 Å². The Labute approximate surface area is 195 Å². The van der Waals surface area contributed by atoms with E-state index in [4.69, 9.17) is 0 Å². The van der Waals surface area contributed by atoms with E-state index in [-0.39, 0.29) is 17.6 Å². The molecular formula is C26H32N4O3. The Hall–Kier alpha value is -3.22. The quantitative estimate of drug-likeness (QED) is 0.634. The fourth-order valence-electron chi connectivity index (χ4n) is 4.84. The van der Waals surface area contributed by atoms with Gasteiger partial charge in [0.25, 0.3) is 5.91 Å². The van der Waals surface area contributed by atoms with Crippen molar-refractivity contribution in [1.29, 1.82) is 0 Å². The molecule has 174 valence electrons. The third kappa shape index (κ3) is 5.59. The third-order valence-corrected chi connectivity index (χ3v) is 6.72. The maximum Gasteiger partial charge on any atom is 0.254 e. The van der Waals surface area contributed by atoms with Gasteiger partial charge in [-0.05, 0) is 50.3 Å². The highest BCUT2D eigenvalue weighted by Crippen LogP contribution is 2.24. The van der Waals surface area contributed by atoms with Crippen LogP contribution in [0.3, 0.4) is 0 Å². The summed E-state index contributed by atoms with van der Waals surface area (Å²) in [5.74, 6) is 1.29. The zero-order valence-electron chi connectivity index (χ0n) is 19.3. The van der Waals surface area contributed by atoms with Gasteiger partial charge in [-0.3, -0.25) is 14.4 Å². The lowest BCUT2D eigenvalue weighted by Gasteiger charge is -2.36. The number of anilines is 1. The summed E-state index contributed by atoms with van der Waals surface area (Å²) in [6, 6.07) is 12.9. The van der Waals surface area contributed by atoms with Gasteiger partial charge in [-0.15, -0.1) is 0 Å². The number of piperazine rings is 1. The molecule has 7 heteroatoms. The summed E-state index contributed by atoms with van der Waals surface area (Å²) in [5.41, 5.74) is 0.956. The van der Waals surface area contributed by atoms with E-state index in [2.05, 4.69) is 9.88 Å². The molecule has 0 aliphatic carbocycles. The molecule has 0 spiro atoms. The van der Waals surface area contributed by atoms with Gasteiger partial charge in [0.15, 0.2) is 5.78 Å². The van der Waals surface area contributed by atoms with Gasteiger partial charge in [-0.1, -0.05) is 24.3 Å². The fraction of sp³-hybridized carbons (Fsp3) is 0.462. The lowest BCUT2D eigenvalue weighted by molar-refractivity contribution is -0.131. The molecule has 0 radical (unpaired) electrons. The molecule has 2 saturated heterocycles. The summed E-state index contributed by atoms with van der Waals surface area (Å²) < 4.78 is 0. The van der Waals surface area contributed by atoms with Crippen molar-refractivity contribution >= 4 is 23.4 Å². The Bertz CT molecular complexity index is 986. The first-order valence-electron chi connectivity index (χ1n) is 11.9. The van der Waals surface area contributed by atoms with E-state index in [0.29, 0.717) is 49.6 Å². The molecule has 2 fully saturated rings. The molecule has 33 heavy (non-hydrogen) atoms. The molecule has 0 saturated carbocycles. The van der Waals surface area contributed by atoms with Crippen molar-refractivity contribution in [1.82, 2.24) is 14.8 Å². The first kappa shape index (κ1) is 23.0. The minimum atomic E-state index is -0.0961. The van der Waals surface area contributed by atoms with Crippen LogP contribution in [0.5, 0.6) is 0 Å². The zero-order chi connectivity index (χ0) is 23.2. The number of likely N-dealkylation sites (tertiary alicyclic amines) is 1. The van der Waals surface area contributed by atoms with Gasteiger partial charge in [0.05, 0.1) is 5.56 Å². The van der Waals surface area contributed by atoms with Crippen molar-refractivity contribution in [2.45, 2.75) is 32.6 Å². The van der Waals surface area contributed by atoms with Crippen LogP contribution in [0, 0.1) is 5.92 Å². The lowest BCUT2D eigenvalue weighted by atomic mass is 9.92. The van der Waals surface area contributed by atoms with Crippen LogP contribution in [-0.2, 0) is 4.79 Å². The van der Waals surface area contributed by atoms with E-state index in [1.54, 1.807) is 30.5 Å². The number of rotatable bonds is 6. The van der Waals surface area contributed by atoms with Crippen LogP contribution in [0.1, 0.15) is 53.3 Å². The maximum absolute atomic E-state index is 13.1. The predicted octanol–water partition coefficient (Wildman–Crippen LogP) is 3.27. The van der Waals surface area contributed by atoms with Crippen LogP contribution in [0.15, 0.2) is 48.7 Å². The highest BCUT2D eigenvalue weighted by atomic mass is 16.2. The summed E-state index contributed by atoms with van der Waals surface area (Å²) in [4.78, 5) is 48.3. The van der Waals surface area contributed by atoms with Crippen molar-refractivity contribution in [3.63, 3.8) is 0 Å². The number of carbonyl (C=O) groups excluding carboxylic acids is 3. The second-order valence-electron chi connectivity index (χ2n) is 8.96. The zero-order valence-corrected chi connectivity index (χ0v) is 19.3. The van der Waals surface area contributed by atoms with Crippen molar-refractivity contribution < 1.29 is 14.4 Å². The van der Waals surface area contributed by atoms with Crippen LogP contribution in [0.2, 0.25) is 0 Å². The third-order valence-electron chi connectivity index (χ3n) is 6.72. The molecule has 2 aliphatic heterocycles. The van der Waals surface area contributed by atoms with Crippen LogP contribution in [-0.4, -0.2) is 71.6 Å². The molecule has 3 heterocycles. The van der Waals surface area contributed by atoms with E-state index in [0.717, 1.165) is 38.2 Å². The number of piperidine rings is 1. The highest BCUT2D eigenvalue weighted by molar-refractivity contribution is 6.07. The summed E-state index contributed by atoms with van der Waals surface area (Å²) in [6.45, 7) is 5.86. The van der Waals surface area contributed by atoms with Gasteiger partial charge < -0.3 is 14.7 Å². The Morgan fingerprint density at radius 3 is 2.33 bits per heavy atom. The van der Waals surface area contributed by atoms with Gasteiger partial charge in [-0.25, -0.2) is 4.98 Å². The second-order valence-corrected chi connectivity index (χ2v) is 8.96. The van der Waals surface area contributed by atoms with E-state index < -0.39 is 0 Å². The van der Waals surface area contributed by atoms with Gasteiger partial charge in [0, 0.05) is 57.4 Å². The molecule has 1 aromatic carbocycles. The van der Waals surface area contributed by atoms with Crippen LogP contribution in [0.4, 0.5) is 5.82 Å². The minimum absolute atomic E-state index is 0.0810. The molecular weight excluding hydrogens is 416 g/mol. The number of carbonyl (C=O) groups is 3. The number of nitrogens with zero attached hydrogens (tertiary/aromatic N) is 4. The number of pyridine rings is 1. The van der Waals surface area contributed by atoms with Gasteiger partial charge >= 0.3 is 0 Å². The number of aromatic nitrogens is 1. The number of benzene rings is 1. The normalized spacial score (nSPS) is 18.8. The number of hydrogen-bond donors (Lipinski definition) is 0. The SMILES string of the molecule is CC(=O)c1ccccc1C(=O)N1CCCC(CCC(=O)N2CCN(c3ccccn3)CC2)C1. The Morgan fingerprint density at radius 2 is 1.64 bits per heavy atom. The molecule has 2 aromatic rings. The average molecular weight is 449 g/mol. The van der Waals surface area contributed by atoms with E-state index in [1.807, 2.05) is 28.0 Å². The molecule has 2 amide bonds. The van der Waals surface area contributed by atoms with Gasteiger partial charge in [-0.2, -0.15) is 0 Å². The lowest BCUT2D eigenvalue weighted by Crippen LogP contribution is -2.49. The van der Waals surface area contributed by atoms with E-state index in [1.165, 1.54) is 6.92 Å². The van der Waals surface area contributed by atoms with E-state index in [9.17, 15) is 14.4 Å². The van der Waals surface area contributed by atoms with E-state index >= 15 is 0 Å². The Kier molecular flexibility index (Phi) is 7.37. The first-order valence-corrected chi connectivity index (χ1v) is 11.9. The first-order chi connectivity index (χ1) is 16.0. The van der Waals surface area contributed by atoms with Crippen LogP contribution < -0.4 is 4.90 Å². The minimum Gasteiger partial charge on any atom is -0.353 e. The largest absolute Gasteiger partial charge is 0.353 e. The summed E-state index contributed by atoms with van der Waals surface area (Å²) >= 11 is 0. The highest BCUT2D eigenvalue weighted by Gasteiger charge is 2.28. The number of hydrogen-bond acceptors (Lipinski definition) is 5. The number of ketones is 1. The van der Waals surface area contributed by atoms with Gasteiger partial charge in [0.2, 0.25) is 5.91 Å². The van der Waals surface area contributed by atoms with Crippen molar-refractivity contribution in [2.24, 2.45) is 5.92 Å². The standard InChI is InChI=1S/C26H32N4O3/c1-20(31)22-8-2-3-9-23(22)26(33)30-14-6-7-21(19-30)11-12-25(32)29-17-15-28(16-18-29)24-10-4-5-13-27-24/h2-5,8-10,13,21H,6-7,11-12,14-19H2,1H3. The van der Waals surface area contributed by atoms with Gasteiger partial charge in [0.1, 0.15) is 5.82 Å². The second kappa shape index (κ2) is 10.6. The molecule has 1 atom stereocenters. The van der Waals surface area contributed by atoms with Crippen molar-refractivity contribution in [2.75, 3.05) is 44.2 Å². The summed E-state index contributed by atoms with van der Waals surface area (Å²) in [6.07, 6.45) is 5.05. The number of Topliss-reactive ketones (excluding diaryl/α,β-unsaturated/α-hetero) is 1. The Morgan fingerprint density at radius 1 is 0.909 bits per heavy atom. The smallest absolute Gasteiger partial charge is 0.254 e. The average Bonchev–Trinajstić information content (AvgIpc) is 2.87. The molecule has 0 bridgehead atoms. The topological polar surface area (TPSA) is 73.8 Å².